The summed E-state index contributed by atoms with van der Waals surface area (Å²) in [5.41, 5.74) is 0.839. The number of hydrogen-bond donors (Lipinski definition) is 1. The molecule has 112 valence electrons. The molecular weight excluding hydrogens is 288 g/mol. The molecule has 1 aromatic carbocycles. The zero-order valence-corrected chi connectivity index (χ0v) is 12.9. The summed E-state index contributed by atoms with van der Waals surface area (Å²) < 4.78 is 5.99. The Morgan fingerprint density at radius 1 is 1.38 bits per heavy atom. The predicted molar refractivity (Wildman–Crippen MR) is 83.3 cm³/mol. The average Bonchev–Trinajstić information content (AvgIpc) is 2.87. The molecule has 1 unspecified atom stereocenters. The zero-order chi connectivity index (χ0) is 15.2. The number of carbonyl (C=O) groups excluding carboxylic acids is 2. The molecule has 1 atom stereocenters. The van der Waals surface area contributed by atoms with Gasteiger partial charge in [0, 0.05) is 0 Å². The molecule has 6 heteroatoms. The van der Waals surface area contributed by atoms with Gasteiger partial charge in [0.15, 0.2) is 11.7 Å². The topological polar surface area (TPSA) is 68.3 Å². The van der Waals surface area contributed by atoms with Crippen LogP contribution >= 0.6 is 11.3 Å². The average molecular weight is 306 g/mol. The molecule has 21 heavy (non-hydrogen) atoms. The molecule has 1 amide bonds. The SMILES string of the molecule is CCCC(C)C(=O)OCC(=O)Nc1nc2ccccc2s1. The second-order valence-electron chi connectivity index (χ2n) is 4.83. The van der Waals surface area contributed by atoms with Gasteiger partial charge in [0.05, 0.1) is 16.1 Å². The van der Waals surface area contributed by atoms with Gasteiger partial charge in [-0.3, -0.25) is 14.9 Å². The Labute approximate surface area is 127 Å². The Bertz CT molecular complexity index is 606. The van der Waals surface area contributed by atoms with Crippen molar-refractivity contribution < 1.29 is 14.3 Å². The molecule has 0 spiro atoms. The molecule has 0 saturated carbocycles. The second kappa shape index (κ2) is 7.17. The van der Waals surface area contributed by atoms with Gasteiger partial charge in [-0.2, -0.15) is 0 Å². The number of nitrogens with zero attached hydrogens (tertiary/aromatic N) is 1. The molecule has 1 aromatic heterocycles. The van der Waals surface area contributed by atoms with E-state index in [1.54, 1.807) is 6.92 Å². The van der Waals surface area contributed by atoms with Crippen molar-refractivity contribution in [2.24, 2.45) is 5.92 Å². The lowest BCUT2D eigenvalue weighted by Gasteiger charge is -2.09. The summed E-state index contributed by atoms with van der Waals surface area (Å²) in [5, 5.41) is 3.16. The third-order valence-electron chi connectivity index (χ3n) is 3.01. The first-order valence-electron chi connectivity index (χ1n) is 6.92. The zero-order valence-electron chi connectivity index (χ0n) is 12.1. The van der Waals surface area contributed by atoms with Crippen molar-refractivity contribution >= 4 is 38.6 Å². The van der Waals surface area contributed by atoms with E-state index in [4.69, 9.17) is 4.74 Å². The molecule has 1 heterocycles. The molecule has 5 nitrogen and oxygen atoms in total. The monoisotopic (exact) mass is 306 g/mol. The minimum atomic E-state index is -0.369. The number of fused-ring (bicyclic) bond motifs is 1. The van der Waals surface area contributed by atoms with E-state index in [-0.39, 0.29) is 24.4 Å². The molecule has 0 aliphatic carbocycles. The van der Waals surface area contributed by atoms with Crippen LogP contribution < -0.4 is 5.32 Å². The minimum absolute atomic E-state index is 0.176. The Morgan fingerprint density at radius 3 is 2.86 bits per heavy atom. The normalized spacial score (nSPS) is 12.1. The maximum Gasteiger partial charge on any atom is 0.309 e. The third-order valence-corrected chi connectivity index (χ3v) is 3.96. The van der Waals surface area contributed by atoms with Crippen LogP contribution in [-0.4, -0.2) is 23.5 Å². The van der Waals surface area contributed by atoms with Crippen LogP contribution in [0.5, 0.6) is 0 Å². The lowest BCUT2D eigenvalue weighted by molar-refractivity contribution is -0.151. The molecule has 2 aromatic rings. The molecule has 2 rings (SSSR count). The van der Waals surface area contributed by atoms with Crippen molar-refractivity contribution in [1.82, 2.24) is 4.98 Å². The number of anilines is 1. The highest BCUT2D eigenvalue weighted by atomic mass is 32.1. The third kappa shape index (κ3) is 4.26. The maximum absolute atomic E-state index is 11.8. The van der Waals surface area contributed by atoms with Gasteiger partial charge < -0.3 is 4.74 Å². The molecule has 0 radical (unpaired) electrons. The smallest absolute Gasteiger partial charge is 0.309 e. The highest BCUT2D eigenvalue weighted by Gasteiger charge is 2.15. The molecular formula is C15H18N2O3S. The molecule has 0 aliphatic heterocycles. The first-order chi connectivity index (χ1) is 10.1. The first kappa shape index (κ1) is 15.4. The van der Waals surface area contributed by atoms with Crippen LogP contribution in [0, 0.1) is 5.92 Å². The van der Waals surface area contributed by atoms with Crippen LogP contribution in [-0.2, 0) is 14.3 Å². The number of aromatic nitrogens is 1. The van der Waals surface area contributed by atoms with Crippen molar-refractivity contribution in [1.29, 1.82) is 0 Å². The Balaban J connectivity index is 1.85. The van der Waals surface area contributed by atoms with Crippen LogP contribution in [0.3, 0.4) is 0 Å². The van der Waals surface area contributed by atoms with Gasteiger partial charge in [0.25, 0.3) is 5.91 Å². The molecule has 0 bridgehead atoms. The number of nitrogens with one attached hydrogen (secondary N) is 1. The van der Waals surface area contributed by atoms with Gasteiger partial charge >= 0.3 is 5.97 Å². The van der Waals surface area contributed by atoms with Crippen molar-refractivity contribution in [3.63, 3.8) is 0 Å². The first-order valence-corrected chi connectivity index (χ1v) is 7.74. The number of rotatable bonds is 6. The molecule has 0 fully saturated rings. The highest BCUT2D eigenvalue weighted by molar-refractivity contribution is 7.22. The number of hydrogen-bond acceptors (Lipinski definition) is 5. The lowest BCUT2D eigenvalue weighted by atomic mass is 10.1. The van der Waals surface area contributed by atoms with Crippen molar-refractivity contribution in [2.45, 2.75) is 26.7 Å². The number of thiazole rings is 1. The Kier molecular flexibility index (Phi) is 5.27. The number of amides is 1. The van der Waals surface area contributed by atoms with E-state index in [1.807, 2.05) is 31.2 Å². The van der Waals surface area contributed by atoms with Crippen molar-refractivity contribution in [3.05, 3.63) is 24.3 Å². The summed E-state index contributed by atoms with van der Waals surface area (Å²) in [4.78, 5) is 27.7. The largest absolute Gasteiger partial charge is 0.455 e. The molecule has 0 aliphatic rings. The predicted octanol–water partition coefficient (Wildman–Crippen LogP) is 3.21. The van der Waals surface area contributed by atoms with E-state index in [0.29, 0.717) is 5.13 Å². The van der Waals surface area contributed by atoms with Gasteiger partial charge in [0.1, 0.15) is 0 Å². The Morgan fingerprint density at radius 2 is 2.14 bits per heavy atom. The summed E-state index contributed by atoms with van der Waals surface area (Å²) in [6.07, 6.45) is 1.67. The fourth-order valence-corrected chi connectivity index (χ4v) is 2.79. The van der Waals surface area contributed by atoms with E-state index in [1.165, 1.54) is 11.3 Å². The van der Waals surface area contributed by atoms with Crippen LogP contribution in [0.4, 0.5) is 5.13 Å². The second-order valence-corrected chi connectivity index (χ2v) is 5.86. The highest BCUT2D eigenvalue weighted by Crippen LogP contribution is 2.25. The van der Waals surface area contributed by atoms with Crippen molar-refractivity contribution in [3.8, 4) is 0 Å². The van der Waals surface area contributed by atoms with E-state index in [9.17, 15) is 9.59 Å². The number of ether oxygens (including phenoxy) is 1. The van der Waals surface area contributed by atoms with E-state index in [0.717, 1.165) is 23.1 Å². The fourth-order valence-electron chi connectivity index (χ4n) is 1.91. The standard InChI is InChI=1S/C15H18N2O3S/c1-3-6-10(2)14(19)20-9-13(18)17-15-16-11-7-4-5-8-12(11)21-15/h4-5,7-8,10H,3,6,9H2,1-2H3,(H,16,17,18). The summed E-state index contributed by atoms with van der Waals surface area (Å²) in [6.45, 7) is 3.53. The quantitative estimate of drug-likeness (QED) is 0.832. The minimum Gasteiger partial charge on any atom is -0.455 e. The van der Waals surface area contributed by atoms with Crippen LogP contribution in [0.1, 0.15) is 26.7 Å². The van der Waals surface area contributed by atoms with E-state index >= 15 is 0 Å². The summed E-state index contributed by atoms with van der Waals surface area (Å²) in [7, 11) is 0. The van der Waals surface area contributed by atoms with E-state index < -0.39 is 0 Å². The van der Waals surface area contributed by atoms with Crippen LogP contribution in [0.15, 0.2) is 24.3 Å². The summed E-state index contributed by atoms with van der Waals surface area (Å²) in [6, 6.07) is 7.64. The van der Waals surface area contributed by atoms with Gasteiger partial charge in [-0.25, -0.2) is 4.98 Å². The van der Waals surface area contributed by atoms with Crippen LogP contribution in [0.2, 0.25) is 0 Å². The molecule has 1 N–H and O–H groups in total. The van der Waals surface area contributed by atoms with Gasteiger partial charge in [0.2, 0.25) is 0 Å². The summed E-state index contributed by atoms with van der Waals surface area (Å²) in [5.74, 6) is -0.882. The van der Waals surface area contributed by atoms with Gasteiger partial charge in [-0.05, 0) is 18.6 Å². The fraction of sp³-hybridized carbons (Fsp3) is 0.400. The Hall–Kier alpha value is -1.95. The number of benzene rings is 1. The van der Waals surface area contributed by atoms with Crippen molar-refractivity contribution in [2.75, 3.05) is 11.9 Å². The number of para-hydroxylation sites is 1. The van der Waals surface area contributed by atoms with Crippen LogP contribution in [0.25, 0.3) is 10.2 Å². The molecule has 0 saturated heterocycles. The number of esters is 1. The summed E-state index contributed by atoms with van der Waals surface area (Å²) >= 11 is 1.39. The van der Waals surface area contributed by atoms with Gasteiger partial charge in [-0.1, -0.05) is 43.7 Å². The maximum atomic E-state index is 11.8. The number of carbonyl (C=O) groups is 2. The van der Waals surface area contributed by atoms with Gasteiger partial charge in [-0.15, -0.1) is 0 Å². The van der Waals surface area contributed by atoms with E-state index in [2.05, 4.69) is 10.3 Å². The lowest BCUT2D eigenvalue weighted by Crippen LogP contribution is -2.23.